The smallest absolute Gasteiger partial charge is 0.250 e. The van der Waals surface area contributed by atoms with Crippen molar-refractivity contribution in [3.05, 3.63) is 35.5 Å². The van der Waals surface area contributed by atoms with Crippen LogP contribution in [0.5, 0.6) is 0 Å². The summed E-state index contributed by atoms with van der Waals surface area (Å²) in [7, 11) is 0. The third-order valence-corrected chi connectivity index (χ3v) is 3.79. The fourth-order valence-corrected chi connectivity index (χ4v) is 2.62. The van der Waals surface area contributed by atoms with Gasteiger partial charge in [0.15, 0.2) is 0 Å². The summed E-state index contributed by atoms with van der Waals surface area (Å²) in [6.45, 7) is 1.49. The van der Waals surface area contributed by atoms with Crippen LogP contribution in [0.15, 0.2) is 24.3 Å². The van der Waals surface area contributed by atoms with Crippen LogP contribution >= 0.6 is 0 Å². The van der Waals surface area contributed by atoms with E-state index >= 15 is 0 Å². The number of nitrogens with one attached hydrogen (secondary N) is 1. The second kappa shape index (κ2) is 4.88. The zero-order valence-corrected chi connectivity index (χ0v) is 11.0. The molecule has 0 saturated carbocycles. The molecular formula is C15H15F2N3. The molecule has 0 radical (unpaired) electrons. The highest BCUT2D eigenvalue weighted by Gasteiger charge is 2.33. The largest absolute Gasteiger partial charge is 0.357 e. The average Bonchev–Trinajstić information content (AvgIpc) is 2.82. The minimum Gasteiger partial charge on any atom is -0.357 e. The maximum Gasteiger partial charge on any atom is 0.250 e. The van der Waals surface area contributed by atoms with Gasteiger partial charge in [0.05, 0.1) is 11.6 Å². The van der Waals surface area contributed by atoms with Gasteiger partial charge in [-0.25, -0.2) is 8.78 Å². The van der Waals surface area contributed by atoms with Crippen LogP contribution in [0.4, 0.5) is 8.78 Å². The average molecular weight is 275 g/mol. The molecule has 1 aromatic heterocycles. The van der Waals surface area contributed by atoms with Gasteiger partial charge in [-0.3, -0.25) is 4.90 Å². The van der Waals surface area contributed by atoms with Crippen molar-refractivity contribution in [2.75, 3.05) is 13.1 Å². The summed E-state index contributed by atoms with van der Waals surface area (Å²) < 4.78 is 26.2. The number of hydrogen-bond acceptors (Lipinski definition) is 2. The Balaban J connectivity index is 1.74. The number of nitriles is 1. The summed E-state index contributed by atoms with van der Waals surface area (Å²) in [5, 5.41) is 9.91. The Labute approximate surface area is 115 Å². The lowest BCUT2D eigenvalue weighted by Crippen LogP contribution is -2.38. The van der Waals surface area contributed by atoms with Crippen molar-refractivity contribution in [1.82, 2.24) is 9.88 Å². The number of rotatable bonds is 2. The van der Waals surface area contributed by atoms with Crippen LogP contribution in [0.2, 0.25) is 0 Å². The molecule has 1 fully saturated rings. The molecule has 2 heterocycles. The van der Waals surface area contributed by atoms with Crippen molar-refractivity contribution in [2.45, 2.75) is 25.3 Å². The molecule has 0 amide bonds. The highest BCUT2D eigenvalue weighted by Crippen LogP contribution is 2.28. The molecule has 0 unspecified atom stereocenters. The standard InChI is InChI=1S/C15H15F2N3/c16-15(17)3-5-20(6-4-15)10-13-8-12-2-1-11(9-18)7-14(12)19-13/h1-2,7-8,19H,3-6,10H2. The van der Waals surface area contributed by atoms with E-state index < -0.39 is 5.92 Å². The van der Waals surface area contributed by atoms with E-state index in [0.717, 1.165) is 16.6 Å². The number of piperidine rings is 1. The van der Waals surface area contributed by atoms with Crippen LogP contribution in [0.1, 0.15) is 24.1 Å². The van der Waals surface area contributed by atoms with Gasteiger partial charge in [0.25, 0.3) is 5.92 Å². The van der Waals surface area contributed by atoms with Gasteiger partial charge < -0.3 is 4.98 Å². The van der Waals surface area contributed by atoms with Gasteiger partial charge in [-0.05, 0) is 23.6 Å². The van der Waals surface area contributed by atoms with E-state index in [-0.39, 0.29) is 12.8 Å². The Morgan fingerprint density at radius 3 is 2.70 bits per heavy atom. The number of likely N-dealkylation sites (tertiary alicyclic amines) is 1. The third-order valence-electron chi connectivity index (χ3n) is 3.79. The molecule has 1 aromatic carbocycles. The lowest BCUT2D eigenvalue weighted by atomic mass is 10.1. The predicted octanol–water partition coefficient (Wildman–Crippen LogP) is 3.27. The molecule has 3 rings (SSSR count). The van der Waals surface area contributed by atoms with Gasteiger partial charge in [-0.15, -0.1) is 0 Å². The number of benzene rings is 1. The van der Waals surface area contributed by atoms with E-state index in [4.69, 9.17) is 5.26 Å². The summed E-state index contributed by atoms with van der Waals surface area (Å²) in [6, 6.07) is 9.61. The van der Waals surface area contributed by atoms with Gasteiger partial charge in [0, 0.05) is 43.7 Å². The SMILES string of the molecule is N#Cc1ccc2cc(CN3CCC(F)(F)CC3)[nH]c2c1. The van der Waals surface area contributed by atoms with E-state index in [9.17, 15) is 8.78 Å². The second-order valence-electron chi connectivity index (χ2n) is 5.34. The maximum absolute atomic E-state index is 13.1. The third kappa shape index (κ3) is 2.66. The Morgan fingerprint density at radius 2 is 2.00 bits per heavy atom. The van der Waals surface area contributed by atoms with Crippen LogP contribution in [0.3, 0.4) is 0 Å². The van der Waals surface area contributed by atoms with Crippen LogP contribution < -0.4 is 0 Å². The molecule has 3 nitrogen and oxygen atoms in total. The van der Waals surface area contributed by atoms with Crippen molar-refractivity contribution >= 4 is 10.9 Å². The zero-order chi connectivity index (χ0) is 14.2. The molecule has 2 aromatic rings. The number of H-pyrrole nitrogens is 1. The minimum absolute atomic E-state index is 0.0637. The summed E-state index contributed by atoms with van der Waals surface area (Å²) in [5.41, 5.74) is 2.53. The molecule has 0 bridgehead atoms. The predicted molar refractivity (Wildman–Crippen MR) is 72.5 cm³/mol. The first-order valence-corrected chi connectivity index (χ1v) is 6.68. The van der Waals surface area contributed by atoms with Gasteiger partial charge in [0.1, 0.15) is 0 Å². The van der Waals surface area contributed by atoms with Crippen LogP contribution in [0.25, 0.3) is 10.9 Å². The maximum atomic E-state index is 13.1. The van der Waals surface area contributed by atoms with E-state index in [1.807, 2.05) is 23.1 Å². The molecule has 5 heteroatoms. The van der Waals surface area contributed by atoms with Crippen LogP contribution in [0, 0.1) is 11.3 Å². The van der Waals surface area contributed by atoms with E-state index in [2.05, 4.69) is 11.1 Å². The van der Waals surface area contributed by atoms with E-state index in [1.165, 1.54) is 0 Å². The second-order valence-corrected chi connectivity index (χ2v) is 5.34. The van der Waals surface area contributed by atoms with Gasteiger partial charge >= 0.3 is 0 Å². The molecule has 0 spiro atoms. The molecule has 1 saturated heterocycles. The summed E-state index contributed by atoms with van der Waals surface area (Å²) in [4.78, 5) is 5.29. The summed E-state index contributed by atoms with van der Waals surface area (Å²) in [6.07, 6.45) is -0.127. The lowest BCUT2D eigenvalue weighted by Gasteiger charge is -2.31. The van der Waals surface area contributed by atoms with Crippen LogP contribution in [-0.4, -0.2) is 28.9 Å². The molecule has 0 atom stereocenters. The molecule has 1 aliphatic heterocycles. The number of fused-ring (bicyclic) bond motifs is 1. The van der Waals surface area contributed by atoms with Crippen molar-refractivity contribution in [3.8, 4) is 6.07 Å². The number of aromatic nitrogens is 1. The minimum atomic E-state index is -2.50. The molecule has 20 heavy (non-hydrogen) atoms. The number of alkyl halides is 2. The zero-order valence-electron chi connectivity index (χ0n) is 11.0. The fourth-order valence-electron chi connectivity index (χ4n) is 2.62. The topological polar surface area (TPSA) is 42.8 Å². The van der Waals surface area contributed by atoms with Gasteiger partial charge in [0.2, 0.25) is 0 Å². The summed E-state index contributed by atoms with van der Waals surface area (Å²) >= 11 is 0. The number of nitrogens with zero attached hydrogens (tertiary/aromatic N) is 2. The Hall–Kier alpha value is -1.93. The van der Waals surface area contributed by atoms with Crippen molar-refractivity contribution in [1.29, 1.82) is 5.26 Å². The van der Waals surface area contributed by atoms with Crippen LogP contribution in [-0.2, 0) is 6.54 Å². The molecular weight excluding hydrogens is 260 g/mol. The molecule has 1 N–H and O–H groups in total. The Morgan fingerprint density at radius 1 is 1.25 bits per heavy atom. The number of hydrogen-bond donors (Lipinski definition) is 1. The van der Waals surface area contributed by atoms with Crippen molar-refractivity contribution in [2.24, 2.45) is 0 Å². The van der Waals surface area contributed by atoms with Gasteiger partial charge in [-0.2, -0.15) is 5.26 Å². The highest BCUT2D eigenvalue weighted by molar-refractivity contribution is 5.81. The Kier molecular flexibility index (Phi) is 3.19. The van der Waals surface area contributed by atoms with E-state index in [1.54, 1.807) is 6.07 Å². The first-order chi connectivity index (χ1) is 9.55. The monoisotopic (exact) mass is 275 g/mol. The first-order valence-electron chi connectivity index (χ1n) is 6.68. The fraction of sp³-hybridized carbons (Fsp3) is 0.400. The highest BCUT2D eigenvalue weighted by atomic mass is 19.3. The number of aromatic amines is 1. The normalized spacial score (nSPS) is 19.1. The molecule has 1 aliphatic rings. The van der Waals surface area contributed by atoms with Crippen molar-refractivity contribution in [3.63, 3.8) is 0 Å². The van der Waals surface area contributed by atoms with E-state index in [0.29, 0.717) is 25.2 Å². The van der Waals surface area contributed by atoms with Crippen molar-refractivity contribution < 1.29 is 8.78 Å². The van der Waals surface area contributed by atoms with Gasteiger partial charge in [-0.1, -0.05) is 6.07 Å². The number of halogens is 2. The Bertz CT molecular complexity index is 659. The molecule has 104 valence electrons. The first kappa shape index (κ1) is 13.1. The summed E-state index contributed by atoms with van der Waals surface area (Å²) in [5.74, 6) is -2.50. The lowest BCUT2D eigenvalue weighted by molar-refractivity contribution is -0.0568. The molecule has 0 aliphatic carbocycles. The quantitative estimate of drug-likeness (QED) is 0.914.